The summed E-state index contributed by atoms with van der Waals surface area (Å²) in [5.74, 6) is -2.44. The van der Waals surface area contributed by atoms with Crippen molar-refractivity contribution in [3.8, 4) is 0 Å². The van der Waals surface area contributed by atoms with E-state index in [2.05, 4.69) is 54.9 Å². The molecule has 0 heterocycles. The first-order valence-corrected chi connectivity index (χ1v) is 19.9. The molecule has 0 fully saturated rings. The molecular weight excluding hydrogens is 632 g/mol. The molecule has 50 heavy (non-hydrogen) atoms. The Balaban J connectivity index is 4.26. The Hall–Kier alpha value is -2.94. The molecule has 2 unspecified atom stereocenters. The molecule has 0 aliphatic carbocycles. The summed E-state index contributed by atoms with van der Waals surface area (Å²) in [5.41, 5.74) is 0. The second-order valence-electron chi connectivity index (χ2n) is 13.4. The number of aliphatic hydroxyl groups is 1. The van der Waals surface area contributed by atoms with Gasteiger partial charge in [0.15, 0.2) is 0 Å². The van der Waals surface area contributed by atoms with Crippen molar-refractivity contribution >= 4 is 23.8 Å². The van der Waals surface area contributed by atoms with Gasteiger partial charge < -0.3 is 25.6 Å². The summed E-state index contributed by atoms with van der Waals surface area (Å²) < 4.78 is 5.86. The number of ether oxygens (including phenoxy) is 1. The number of rotatable bonds is 35. The van der Waals surface area contributed by atoms with Gasteiger partial charge in [0.05, 0.1) is 13.2 Å². The number of allylic oxidation sites excluding steroid dienone is 5. The zero-order valence-corrected chi connectivity index (χ0v) is 31.6. The highest BCUT2D eigenvalue weighted by Gasteiger charge is 2.18. The molecule has 0 aliphatic heterocycles. The van der Waals surface area contributed by atoms with Crippen LogP contribution >= 0.6 is 0 Å². The predicted octanol–water partition coefficient (Wildman–Crippen LogP) is 9.04. The molecule has 2 amide bonds. The van der Waals surface area contributed by atoms with Crippen LogP contribution in [0.15, 0.2) is 36.5 Å². The highest BCUT2D eigenvalue weighted by atomic mass is 16.5. The molecule has 0 radical (unpaired) electrons. The number of hydrogen-bond donors (Lipinski definition) is 4. The van der Waals surface area contributed by atoms with Crippen LogP contribution in [-0.2, 0) is 23.9 Å². The average molecular weight is 705 g/mol. The molecule has 0 bridgehead atoms. The fraction of sp³-hybridized carbons (Fsp3) is 0.756. The van der Waals surface area contributed by atoms with Gasteiger partial charge in [-0.05, 0) is 70.3 Å². The fourth-order valence-electron chi connectivity index (χ4n) is 5.47. The van der Waals surface area contributed by atoms with Gasteiger partial charge in [0, 0.05) is 12.8 Å². The molecule has 0 saturated heterocycles. The van der Waals surface area contributed by atoms with E-state index in [4.69, 9.17) is 14.9 Å². The maximum atomic E-state index is 12.6. The number of carbonyl (C=O) groups is 4. The second-order valence-corrected chi connectivity index (χ2v) is 13.4. The summed E-state index contributed by atoms with van der Waals surface area (Å²) in [5, 5.41) is 22.5. The van der Waals surface area contributed by atoms with Gasteiger partial charge in [-0.15, -0.1) is 0 Å². The minimum absolute atomic E-state index is 0.138. The lowest BCUT2D eigenvalue weighted by Crippen LogP contribution is -2.47. The predicted molar refractivity (Wildman–Crippen MR) is 204 cm³/mol. The van der Waals surface area contributed by atoms with Crippen LogP contribution in [0.1, 0.15) is 174 Å². The molecule has 0 aliphatic rings. The highest BCUT2D eigenvalue weighted by molar-refractivity contribution is 5.87. The number of hydrogen-bond acceptors (Lipinski definition) is 6. The Bertz CT molecular complexity index is 947. The number of carbonyl (C=O) groups excluding carboxylic acids is 3. The second kappa shape index (κ2) is 35.9. The Kier molecular flexibility index (Phi) is 33.8. The summed E-state index contributed by atoms with van der Waals surface area (Å²) in [6.45, 7) is 3.38. The van der Waals surface area contributed by atoms with Gasteiger partial charge in [-0.1, -0.05) is 128 Å². The summed E-state index contributed by atoms with van der Waals surface area (Å²) >= 11 is 0. The fourth-order valence-corrected chi connectivity index (χ4v) is 5.47. The van der Waals surface area contributed by atoms with Gasteiger partial charge in [0.25, 0.3) is 0 Å². The maximum Gasteiger partial charge on any atom is 0.328 e. The van der Waals surface area contributed by atoms with Crippen molar-refractivity contribution in [1.29, 1.82) is 0 Å². The number of nitrogens with one attached hydrogen (secondary N) is 2. The van der Waals surface area contributed by atoms with Crippen molar-refractivity contribution in [3.63, 3.8) is 0 Å². The van der Waals surface area contributed by atoms with Crippen molar-refractivity contribution < 1.29 is 34.1 Å². The van der Waals surface area contributed by atoms with E-state index >= 15 is 0 Å². The first kappa shape index (κ1) is 47.1. The zero-order chi connectivity index (χ0) is 36.9. The van der Waals surface area contributed by atoms with Crippen LogP contribution in [0.25, 0.3) is 0 Å². The number of carboxylic acids is 1. The largest absolute Gasteiger partial charge is 0.480 e. The van der Waals surface area contributed by atoms with Crippen LogP contribution in [-0.4, -0.2) is 59.3 Å². The number of carboxylic acid groups (broad SMARTS) is 1. The third-order valence-corrected chi connectivity index (χ3v) is 8.59. The van der Waals surface area contributed by atoms with E-state index in [1.54, 1.807) is 0 Å². The van der Waals surface area contributed by atoms with Gasteiger partial charge in [-0.3, -0.25) is 14.4 Å². The van der Waals surface area contributed by atoms with Gasteiger partial charge in [0.2, 0.25) is 11.8 Å². The van der Waals surface area contributed by atoms with E-state index in [-0.39, 0.29) is 30.9 Å². The number of aliphatic carboxylic acids is 1. The van der Waals surface area contributed by atoms with Crippen molar-refractivity contribution in [3.05, 3.63) is 36.5 Å². The lowest BCUT2D eigenvalue weighted by Gasteiger charge is -2.15. The van der Waals surface area contributed by atoms with Gasteiger partial charge in [-0.2, -0.15) is 0 Å². The van der Waals surface area contributed by atoms with Crippen molar-refractivity contribution in [2.75, 3.05) is 13.2 Å². The zero-order valence-electron chi connectivity index (χ0n) is 31.6. The van der Waals surface area contributed by atoms with Crippen molar-refractivity contribution in [1.82, 2.24) is 10.6 Å². The molecule has 0 aromatic heterocycles. The molecule has 9 heteroatoms. The first-order chi connectivity index (χ1) is 24.3. The number of aliphatic hydroxyl groups excluding tert-OH is 1. The van der Waals surface area contributed by atoms with Crippen LogP contribution < -0.4 is 10.6 Å². The molecule has 9 nitrogen and oxygen atoms in total. The van der Waals surface area contributed by atoms with E-state index in [0.717, 1.165) is 64.2 Å². The number of amides is 2. The van der Waals surface area contributed by atoms with Crippen molar-refractivity contribution in [2.45, 2.75) is 187 Å². The topological polar surface area (TPSA) is 142 Å². The molecular formula is C41H72N2O7. The third-order valence-electron chi connectivity index (χ3n) is 8.59. The van der Waals surface area contributed by atoms with E-state index in [9.17, 15) is 19.2 Å². The summed E-state index contributed by atoms with van der Waals surface area (Å²) in [6, 6.07) is -1.39. The molecule has 0 saturated carbocycles. The van der Waals surface area contributed by atoms with Gasteiger partial charge in [-0.25, -0.2) is 4.79 Å². The van der Waals surface area contributed by atoms with Crippen LogP contribution in [0.4, 0.5) is 0 Å². The SMILES string of the molecule is CCCC/C=C\C/C=C\C(CCCCCCC(=O)NCC(=O)NC(CO)C(=O)O)OC(=O)CCCCCCC/C=C\CCCCCCCCC. The summed E-state index contributed by atoms with van der Waals surface area (Å²) in [4.78, 5) is 47.4. The molecule has 0 rings (SSSR count). The smallest absolute Gasteiger partial charge is 0.328 e. The van der Waals surface area contributed by atoms with Gasteiger partial charge in [0.1, 0.15) is 12.1 Å². The molecule has 288 valence electrons. The Morgan fingerprint density at radius 2 is 1.16 bits per heavy atom. The van der Waals surface area contributed by atoms with Crippen LogP contribution in [0.3, 0.4) is 0 Å². The third kappa shape index (κ3) is 32.3. The molecule has 0 spiro atoms. The first-order valence-electron chi connectivity index (χ1n) is 19.9. The highest BCUT2D eigenvalue weighted by Crippen LogP contribution is 2.15. The Morgan fingerprint density at radius 1 is 0.620 bits per heavy atom. The number of esters is 1. The normalized spacial score (nSPS) is 12.9. The van der Waals surface area contributed by atoms with E-state index in [1.165, 1.54) is 77.0 Å². The Morgan fingerprint density at radius 3 is 1.78 bits per heavy atom. The van der Waals surface area contributed by atoms with E-state index < -0.39 is 24.5 Å². The van der Waals surface area contributed by atoms with Crippen LogP contribution in [0.2, 0.25) is 0 Å². The molecule has 0 aromatic rings. The van der Waals surface area contributed by atoms with E-state index in [0.29, 0.717) is 12.8 Å². The number of unbranched alkanes of at least 4 members (excludes halogenated alkanes) is 17. The maximum absolute atomic E-state index is 12.6. The minimum Gasteiger partial charge on any atom is -0.480 e. The quantitative estimate of drug-likeness (QED) is 0.0293. The summed E-state index contributed by atoms with van der Waals surface area (Å²) in [6.07, 6.45) is 39.1. The monoisotopic (exact) mass is 705 g/mol. The average Bonchev–Trinajstić information content (AvgIpc) is 3.10. The summed E-state index contributed by atoms with van der Waals surface area (Å²) in [7, 11) is 0. The van der Waals surface area contributed by atoms with Gasteiger partial charge >= 0.3 is 11.9 Å². The molecule has 4 N–H and O–H groups in total. The lowest BCUT2D eigenvalue weighted by atomic mass is 10.1. The standard InChI is InChI=1S/C41H72N2O7/c1-3-5-7-9-11-12-13-14-15-16-17-18-19-21-23-29-33-40(47)50-36(30-26-22-20-10-8-6-4-2)31-27-24-25-28-32-38(45)42-34-39(46)43-37(35-44)41(48)49/h10,15-16,20,26,30,36-37,44H,3-9,11-14,17-19,21-25,27-29,31-35H2,1-2H3,(H,42,45)(H,43,46)(H,48,49)/b16-15-,20-10-,30-26-. The molecule has 0 aromatic carbocycles. The minimum atomic E-state index is -1.39. The van der Waals surface area contributed by atoms with Crippen LogP contribution in [0.5, 0.6) is 0 Å². The lowest BCUT2D eigenvalue weighted by molar-refractivity contribution is -0.147. The van der Waals surface area contributed by atoms with Crippen LogP contribution in [0, 0.1) is 0 Å². The molecule has 2 atom stereocenters. The van der Waals surface area contributed by atoms with E-state index in [1.807, 2.05) is 6.08 Å². The Labute approximate surface area is 304 Å². The van der Waals surface area contributed by atoms with Crippen molar-refractivity contribution in [2.24, 2.45) is 0 Å².